The molecule has 0 fully saturated rings. The zero-order valence-electron chi connectivity index (χ0n) is 8.26. The number of hydrogen-bond acceptors (Lipinski definition) is 1. The molecule has 0 amide bonds. The highest BCUT2D eigenvalue weighted by molar-refractivity contribution is 6.30. The largest absolute Gasteiger partial charge is 0.306 e. The quantitative estimate of drug-likeness (QED) is 0.698. The lowest BCUT2D eigenvalue weighted by Crippen LogP contribution is -2.28. The summed E-state index contributed by atoms with van der Waals surface area (Å²) in [6, 6.07) is 6.52. The first-order valence-electron chi connectivity index (χ1n) is 4.96. The van der Waals surface area contributed by atoms with Gasteiger partial charge in [0.25, 0.3) is 0 Å². The van der Waals surface area contributed by atoms with Gasteiger partial charge in [-0.1, -0.05) is 29.8 Å². The van der Waals surface area contributed by atoms with E-state index in [1.807, 2.05) is 13.0 Å². The van der Waals surface area contributed by atoms with E-state index in [-0.39, 0.29) is 0 Å². The fraction of sp³-hybridized carbons (Fsp3) is 0.333. The van der Waals surface area contributed by atoms with Crippen LogP contribution in [0.4, 0.5) is 0 Å². The summed E-state index contributed by atoms with van der Waals surface area (Å²) >= 11 is 5.96. The van der Waals surface area contributed by atoms with Gasteiger partial charge in [-0.15, -0.1) is 0 Å². The van der Waals surface area contributed by atoms with Gasteiger partial charge in [0.2, 0.25) is 0 Å². The average Bonchev–Trinajstić information content (AvgIpc) is 2.18. The van der Waals surface area contributed by atoms with E-state index in [0.29, 0.717) is 6.04 Å². The molecule has 0 aromatic heterocycles. The SMILES string of the molecule is C/C=C/C1NCCc2cc(Cl)ccc21. The summed E-state index contributed by atoms with van der Waals surface area (Å²) < 4.78 is 0. The van der Waals surface area contributed by atoms with Crippen molar-refractivity contribution < 1.29 is 0 Å². The van der Waals surface area contributed by atoms with Crippen LogP contribution in [0.1, 0.15) is 24.1 Å². The molecule has 74 valence electrons. The van der Waals surface area contributed by atoms with Gasteiger partial charge in [0.05, 0.1) is 6.04 Å². The third-order valence-electron chi connectivity index (χ3n) is 2.58. The summed E-state index contributed by atoms with van der Waals surface area (Å²) in [7, 11) is 0. The number of nitrogens with one attached hydrogen (secondary N) is 1. The normalized spacial score (nSPS) is 21.1. The minimum Gasteiger partial charge on any atom is -0.306 e. The Morgan fingerprint density at radius 2 is 2.36 bits per heavy atom. The first kappa shape index (κ1) is 9.75. The van der Waals surface area contributed by atoms with E-state index in [0.717, 1.165) is 18.0 Å². The number of benzene rings is 1. The van der Waals surface area contributed by atoms with Crippen LogP contribution in [-0.2, 0) is 6.42 Å². The highest BCUT2D eigenvalue weighted by Gasteiger charge is 2.16. The Hall–Kier alpha value is -0.790. The predicted molar refractivity (Wildman–Crippen MR) is 60.7 cm³/mol. The summed E-state index contributed by atoms with van der Waals surface area (Å²) in [4.78, 5) is 0. The molecule has 0 aliphatic carbocycles. The van der Waals surface area contributed by atoms with Crippen molar-refractivity contribution in [1.82, 2.24) is 5.32 Å². The summed E-state index contributed by atoms with van der Waals surface area (Å²) in [6.45, 7) is 3.08. The monoisotopic (exact) mass is 207 g/mol. The van der Waals surface area contributed by atoms with Crippen LogP contribution in [0.15, 0.2) is 30.4 Å². The molecule has 14 heavy (non-hydrogen) atoms. The summed E-state index contributed by atoms with van der Waals surface area (Å²) in [5, 5.41) is 4.30. The maximum Gasteiger partial charge on any atom is 0.0509 e. The van der Waals surface area contributed by atoms with Gasteiger partial charge in [0, 0.05) is 11.6 Å². The Bertz CT molecular complexity index is 357. The van der Waals surface area contributed by atoms with Crippen molar-refractivity contribution in [2.24, 2.45) is 0 Å². The molecule has 1 N–H and O–H groups in total. The Kier molecular flexibility index (Phi) is 2.90. The van der Waals surface area contributed by atoms with E-state index in [2.05, 4.69) is 29.6 Å². The molecule has 0 bridgehead atoms. The van der Waals surface area contributed by atoms with Gasteiger partial charge >= 0.3 is 0 Å². The molecular formula is C12H14ClN. The molecule has 1 aromatic carbocycles. The lowest BCUT2D eigenvalue weighted by molar-refractivity contribution is 0.581. The van der Waals surface area contributed by atoms with Crippen molar-refractivity contribution in [1.29, 1.82) is 0 Å². The van der Waals surface area contributed by atoms with E-state index < -0.39 is 0 Å². The molecule has 0 spiro atoms. The van der Waals surface area contributed by atoms with Crippen LogP contribution in [0.2, 0.25) is 5.02 Å². The van der Waals surface area contributed by atoms with E-state index >= 15 is 0 Å². The van der Waals surface area contributed by atoms with Gasteiger partial charge in [-0.25, -0.2) is 0 Å². The minimum absolute atomic E-state index is 0.362. The zero-order valence-corrected chi connectivity index (χ0v) is 9.01. The van der Waals surface area contributed by atoms with Crippen LogP contribution in [0.3, 0.4) is 0 Å². The zero-order chi connectivity index (χ0) is 9.97. The van der Waals surface area contributed by atoms with E-state index in [4.69, 9.17) is 11.6 Å². The molecule has 2 heteroatoms. The summed E-state index contributed by atoms with van der Waals surface area (Å²) in [5.74, 6) is 0. The fourth-order valence-corrected chi connectivity index (χ4v) is 2.13. The molecule has 1 heterocycles. The van der Waals surface area contributed by atoms with Crippen molar-refractivity contribution >= 4 is 11.6 Å². The fourth-order valence-electron chi connectivity index (χ4n) is 1.93. The maximum atomic E-state index is 5.96. The van der Waals surface area contributed by atoms with Gasteiger partial charge in [0.15, 0.2) is 0 Å². The molecule has 0 radical (unpaired) electrons. The van der Waals surface area contributed by atoms with E-state index in [1.54, 1.807) is 0 Å². The molecule has 1 aromatic rings. The van der Waals surface area contributed by atoms with Gasteiger partial charge < -0.3 is 5.32 Å². The second kappa shape index (κ2) is 4.16. The van der Waals surface area contributed by atoms with Gasteiger partial charge in [-0.3, -0.25) is 0 Å². The average molecular weight is 208 g/mol. The second-order valence-corrected chi connectivity index (χ2v) is 3.99. The van der Waals surface area contributed by atoms with Crippen molar-refractivity contribution in [2.75, 3.05) is 6.54 Å². The number of halogens is 1. The number of allylic oxidation sites excluding steroid dienone is 1. The van der Waals surface area contributed by atoms with E-state index in [1.165, 1.54) is 11.1 Å². The highest BCUT2D eigenvalue weighted by atomic mass is 35.5. The van der Waals surface area contributed by atoms with E-state index in [9.17, 15) is 0 Å². The van der Waals surface area contributed by atoms with Gasteiger partial charge in [0.1, 0.15) is 0 Å². The number of rotatable bonds is 1. The topological polar surface area (TPSA) is 12.0 Å². The number of fused-ring (bicyclic) bond motifs is 1. The third-order valence-corrected chi connectivity index (χ3v) is 2.82. The molecule has 1 aliphatic heterocycles. The first-order valence-corrected chi connectivity index (χ1v) is 5.33. The number of hydrogen-bond donors (Lipinski definition) is 1. The molecule has 0 saturated heterocycles. The highest BCUT2D eigenvalue weighted by Crippen LogP contribution is 2.26. The smallest absolute Gasteiger partial charge is 0.0509 e. The Labute approximate surface area is 89.8 Å². The van der Waals surface area contributed by atoms with Gasteiger partial charge in [-0.05, 0) is 36.6 Å². The van der Waals surface area contributed by atoms with Crippen LogP contribution < -0.4 is 5.32 Å². The maximum absolute atomic E-state index is 5.96. The molecule has 2 rings (SSSR count). The molecule has 0 saturated carbocycles. The Morgan fingerprint density at radius 1 is 1.50 bits per heavy atom. The first-order chi connectivity index (χ1) is 6.81. The second-order valence-electron chi connectivity index (χ2n) is 3.55. The molecule has 1 atom stereocenters. The molecule has 1 aliphatic rings. The van der Waals surface area contributed by atoms with Crippen molar-refractivity contribution in [3.05, 3.63) is 46.5 Å². The predicted octanol–water partition coefficient (Wildman–Crippen LogP) is 3.10. The molecule has 1 unspecified atom stereocenters. The minimum atomic E-state index is 0.362. The van der Waals surface area contributed by atoms with Crippen molar-refractivity contribution in [3.8, 4) is 0 Å². The van der Waals surface area contributed by atoms with Gasteiger partial charge in [-0.2, -0.15) is 0 Å². The van der Waals surface area contributed by atoms with Crippen LogP contribution >= 0.6 is 11.6 Å². The third kappa shape index (κ3) is 1.84. The standard InChI is InChI=1S/C12H14ClN/c1-2-3-12-11-5-4-10(13)8-9(11)6-7-14-12/h2-5,8,12,14H,6-7H2,1H3/b3-2+. The Balaban J connectivity index is 2.39. The Morgan fingerprint density at radius 3 is 3.14 bits per heavy atom. The van der Waals surface area contributed by atoms with Crippen LogP contribution in [0.25, 0.3) is 0 Å². The molecular weight excluding hydrogens is 194 g/mol. The summed E-state index contributed by atoms with van der Waals surface area (Å²) in [6.07, 6.45) is 5.34. The van der Waals surface area contributed by atoms with Crippen molar-refractivity contribution in [3.63, 3.8) is 0 Å². The van der Waals surface area contributed by atoms with Crippen LogP contribution in [-0.4, -0.2) is 6.54 Å². The molecule has 1 nitrogen and oxygen atoms in total. The van der Waals surface area contributed by atoms with Crippen LogP contribution in [0, 0.1) is 0 Å². The van der Waals surface area contributed by atoms with Crippen molar-refractivity contribution in [2.45, 2.75) is 19.4 Å². The van der Waals surface area contributed by atoms with Crippen LogP contribution in [0.5, 0.6) is 0 Å². The lowest BCUT2D eigenvalue weighted by Gasteiger charge is -2.24. The lowest BCUT2D eigenvalue weighted by atomic mass is 9.94. The summed E-state index contributed by atoms with van der Waals surface area (Å²) in [5.41, 5.74) is 2.73.